The maximum absolute atomic E-state index is 11.7. The molecule has 0 bridgehead atoms. The molecule has 0 atom stereocenters. The first kappa shape index (κ1) is 12.9. The third-order valence-electron chi connectivity index (χ3n) is 3.14. The number of rotatable bonds is 4. The van der Waals surface area contributed by atoms with Crippen molar-refractivity contribution in [2.24, 2.45) is 0 Å². The number of carbonyl (C=O) groups excluding carboxylic acids is 1. The molecule has 1 heterocycles. The van der Waals surface area contributed by atoms with Crippen molar-refractivity contribution >= 4 is 5.97 Å². The number of benzene rings is 1. The molecule has 0 aromatic heterocycles. The van der Waals surface area contributed by atoms with Crippen molar-refractivity contribution in [3.05, 3.63) is 29.8 Å². The van der Waals surface area contributed by atoms with E-state index in [0.717, 1.165) is 31.5 Å². The summed E-state index contributed by atoms with van der Waals surface area (Å²) in [6.45, 7) is 1.67. The summed E-state index contributed by atoms with van der Waals surface area (Å²) >= 11 is 0. The van der Waals surface area contributed by atoms with Crippen LogP contribution in [0, 0.1) is 0 Å². The lowest BCUT2D eigenvalue weighted by atomic mass is 10.1. The molecule has 1 aliphatic heterocycles. The molecule has 0 radical (unpaired) electrons. The molecule has 0 amide bonds. The summed E-state index contributed by atoms with van der Waals surface area (Å²) in [7, 11) is 0. The molecule has 4 nitrogen and oxygen atoms in total. The molecule has 18 heavy (non-hydrogen) atoms. The minimum absolute atomic E-state index is 0.222. The monoisotopic (exact) mass is 249 g/mol. The molecule has 0 spiro atoms. The van der Waals surface area contributed by atoms with Crippen molar-refractivity contribution in [3.8, 4) is 5.75 Å². The quantitative estimate of drug-likeness (QED) is 0.889. The Kier molecular flexibility index (Phi) is 4.59. The fourth-order valence-corrected chi connectivity index (χ4v) is 2.10. The molecular weight excluding hydrogens is 230 g/mol. The van der Waals surface area contributed by atoms with Crippen LogP contribution in [0.3, 0.4) is 0 Å². The number of para-hydroxylation sites is 1. The average molecular weight is 249 g/mol. The minimum atomic E-state index is -0.222. The van der Waals surface area contributed by atoms with Crippen LogP contribution in [-0.4, -0.2) is 29.2 Å². The summed E-state index contributed by atoms with van der Waals surface area (Å²) in [5.74, 6) is 0.0171. The van der Waals surface area contributed by atoms with Gasteiger partial charge in [0.15, 0.2) is 0 Å². The summed E-state index contributed by atoms with van der Waals surface area (Å²) in [6, 6.07) is 7.07. The van der Waals surface area contributed by atoms with E-state index < -0.39 is 0 Å². The van der Waals surface area contributed by atoms with Crippen LogP contribution in [0.2, 0.25) is 0 Å². The maximum atomic E-state index is 11.7. The summed E-state index contributed by atoms with van der Waals surface area (Å²) in [6.07, 6.45) is 4.21. The Bertz CT molecular complexity index is 400. The molecule has 1 fully saturated rings. The van der Waals surface area contributed by atoms with Gasteiger partial charge in [-0.05, 0) is 30.9 Å². The first-order valence-corrected chi connectivity index (χ1v) is 6.48. The van der Waals surface area contributed by atoms with E-state index in [9.17, 15) is 9.90 Å². The molecule has 2 rings (SSSR count). The summed E-state index contributed by atoms with van der Waals surface area (Å²) in [5.41, 5.74) is 0.785. The van der Waals surface area contributed by atoms with E-state index >= 15 is 0 Å². The zero-order valence-electron chi connectivity index (χ0n) is 10.5. The van der Waals surface area contributed by atoms with Gasteiger partial charge in [-0.1, -0.05) is 24.6 Å². The topological polar surface area (TPSA) is 49.8 Å². The zero-order chi connectivity index (χ0) is 12.8. The van der Waals surface area contributed by atoms with Crippen LogP contribution < -0.4 is 0 Å². The third-order valence-corrected chi connectivity index (χ3v) is 3.14. The van der Waals surface area contributed by atoms with Crippen LogP contribution in [0.15, 0.2) is 24.3 Å². The van der Waals surface area contributed by atoms with Crippen molar-refractivity contribution in [1.29, 1.82) is 0 Å². The van der Waals surface area contributed by atoms with Gasteiger partial charge in [0, 0.05) is 13.1 Å². The Balaban J connectivity index is 1.76. The SMILES string of the molecule is O=C(CCc1ccccc1O)ON1CCCCC1. The second kappa shape index (κ2) is 6.40. The first-order chi connectivity index (χ1) is 8.75. The van der Waals surface area contributed by atoms with Crippen LogP contribution in [0.25, 0.3) is 0 Å². The maximum Gasteiger partial charge on any atom is 0.325 e. The van der Waals surface area contributed by atoms with Gasteiger partial charge in [0.05, 0.1) is 6.42 Å². The number of nitrogens with zero attached hydrogens (tertiary/aromatic N) is 1. The van der Waals surface area contributed by atoms with Gasteiger partial charge in [0.25, 0.3) is 0 Å². The third kappa shape index (κ3) is 3.74. The number of aryl methyl sites for hydroxylation is 1. The standard InChI is InChI=1S/C14H19NO3/c16-13-7-3-2-6-12(13)8-9-14(17)18-15-10-4-1-5-11-15/h2-3,6-7,16H,1,4-5,8-11H2. The molecule has 0 saturated carbocycles. The number of hydrogen-bond donors (Lipinski definition) is 1. The predicted molar refractivity (Wildman–Crippen MR) is 67.9 cm³/mol. The van der Waals surface area contributed by atoms with Gasteiger partial charge in [-0.2, -0.15) is 0 Å². The van der Waals surface area contributed by atoms with E-state index in [4.69, 9.17) is 4.84 Å². The Hall–Kier alpha value is -1.55. The Morgan fingerprint density at radius 1 is 1.22 bits per heavy atom. The highest BCUT2D eigenvalue weighted by atomic mass is 16.7. The fraction of sp³-hybridized carbons (Fsp3) is 0.500. The summed E-state index contributed by atoms with van der Waals surface area (Å²) in [4.78, 5) is 16.9. The van der Waals surface area contributed by atoms with Crippen LogP contribution in [0.4, 0.5) is 0 Å². The van der Waals surface area contributed by atoms with Gasteiger partial charge in [-0.25, -0.2) is 0 Å². The van der Waals surface area contributed by atoms with Gasteiger partial charge >= 0.3 is 5.97 Å². The van der Waals surface area contributed by atoms with Gasteiger partial charge in [-0.15, -0.1) is 5.06 Å². The lowest BCUT2D eigenvalue weighted by molar-refractivity contribution is -0.194. The highest BCUT2D eigenvalue weighted by Crippen LogP contribution is 2.17. The molecule has 1 aromatic carbocycles. The smallest absolute Gasteiger partial charge is 0.325 e. The number of phenolic OH excluding ortho intramolecular Hbond substituents is 1. The minimum Gasteiger partial charge on any atom is -0.508 e. The molecule has 4 heteroatoms. The number of carbonyl (C=O) groups is 1. The molecule has 1 aliphatic rings. The van der Waals surface area contributed by atoms with Crippen molar-refractivity contribution < 1.29 is 14.7 Å². The second-order valence-electron chi connectivity index (χ2n) is 4.58. The van der Waals surface area contributed by atoms with E-state index in [1.807, 2.05) is 12.1 Å². The van der Waals surface area contributed by atoms with Gasteiger partial charge in [-0.3, -0.25) is 4.79 Å². The van der Waals surface area contributed by atoms with E-state index in [1.54, 1.807) is 17.2 Å². The molecule has 1 N–H and O–H groups in total. The first-order valence-electron chi connectivity index (χ1n) is 6.48. The van der Waals surface area contributed by atoms with Crippen molar-refractivity contribution in [3.63, 3.8) is 0 Å². The molecule has 0 unspecified atom stereocenters. The van der Waals surface area contributed by atoms with Crippen LogP contribution in [0.1, 0.15) is 31.2 Å². The van der Waals surface area contributed by atoms with Crippen LogP contribution >= 0.6 is 0 Å². The molecular formula is C14H19NO3. The van der Waals surface area contributed by atoms with Gasteiger partial charge in [0.2, 0.25) is 0 Å². The van der Waals surface area contributed by atoms with Crippen LogP contribution in [0.5, 0.6) is 5.75 Å². The number of aromatic hydroxyl groups is 1. The number of hydrogen-bond acceptors (Lipinski definition) is 4. The van der Waals surface area contributed by atoms with Crippen molar-refractivity contribution in [2.75, 3.05) is 13.1 Å². The highest BCUT2D eigenvalue weighted by molar-refractivity contribution is 5.69. The van der Waals surface area contributed by atoms with Gasteiger partial charge in [0.1, 0.15) is 5.75 Å². The fourth-order valence-electron chi connectivity index (χ4n) is 2.10. The lowest BCUT2D eigenvalue weighted by Crippen LogP contribution is -2.32. The van der Waals surface area contributed by atoms with E-state index in [-0.39, 0.29) is 11.7 Å². The van der Waals surface area contributed by atoms with E-state index in [0.29, 0.717) is 12.8 Å². The Morgan fingerprint density at radius 2 is 1.94 bits per heavy atom. The van der Waals surface area contributed by atoms with Gasteiger partial charge < -0.3 is 9.94 Å². The summed E-state index contributed by atoms with van der Waals surface area (Å²) in [5, 5.41) is 11.3. The molecule has 98 valence electrons. The van der Waals surface area contributed by atoms with Crippen molar-refractivity contribution in [1.82, 2.24) is 5.06 Å². The van der Waals surface area contributed by atoms with E-state index in [1.165, 1.54) is 6.42 Å². The number of piperidine rings is 1. The highest BCUT2D eigenvalue weighted by Gasteiger charge is 2.15. The number of hydroxylamine groups is 2. The summed E-state index contributed by atoms with van der Waals surface area (Å²) < 4.78 is 0. The lowest BCUT2D eigenvalue weighted by Gasteiger charge is -2.24. The van der Waals surface area contributed by atoms with E-state index in [2.05, 4.69) is 0 Å². The Morgan fingerprint density at radius 3 is 2.67 bits per heavy atom. The van der Waals surface area contributed by atoms with Crippen molar-refractivity contribution in [2.45, 2.75) is 32.1 Å². The van der Waals surface area contributed by atoms with Crippen LogP contribution in [-0.2, 0) is 16.1 Å². The average Bonchev–Trinajstić information content (AvgIpc) is 2.39. The zero-order valence-corrected chi connectivity index (χ0v) is 10.5. The molecule has 0 aliphatic carbocycles. The largest absolute Gasteiger partial charge is 0.508 e. The number of phenols is 1. The normalized spacial score (nSPS) is 16.4. The second-order valence-corrected chi connectivity index (χ2v) is 4.58. The molecule has 1 saturated heterocycles. The Labute approximate surface area is 107 Å². The predicted octanol–water partition coefficient (Wildman–Crippen LogP) is 2.27. The molecule has 1 aromatic rings.